The predicted molar refractivity (Wildman–Crippen MR) is 73.7 cm³/mol. The highest BCUT2D eigenvalue weighted by molar-refractivity contribution is 5.36. The minimum atomic E-state index is 0.627. The summed E-state index contributed by atoms with van der Waals surface area (Å²) in [6, 6.07) is 1.35. The Labute approximate surface area is 110 Å². The summed E-state index contributed by atoms with van der Waals surface area (Å²) >= 11 is 0. The van der Waals surface area contributed by atoms with Gasteiger partial charge >= 0.3 is 0 Å². The molecule has 1 aliphatic carbocycles. The van der Waals surface area contributed by atoms with Crippen LogP contribution in [0.25, 0.3) is 0 Å². The van der Waals surface area contributed by atoms with E-state index in [1.165, 1.54) is 32.1 Å². The maximum atomic E-state index is 4.00. The van der Waals surface area contributed by atoms with Crippen LogP contribution in [-0.2, 0) is 7.05 Å². The number of aryl methyl sites for hydroxylation is 1. The van der Waals surface area contributed by atoms with Gasteiger partial charge in [-0.1, -0.05) is 12.1 Å². The standard InChI is InChI=1S/C13H25N5/c1-4-9-14-11-5-7-12(8-6-11)17(2)13-10-15-16-18(13)3/h10-12,14H,4-9H2,1-3H3. The second kappa shape index (κ2) is 6.18. The highest BCUT2D eigenvalue weighted by Gasteiger charge is 2.24. The molecule has 102 valence electrons. The van der Waals surface area contributed by atoms with E-state index in [1.54, 1.807) is 0 Å². The molecular formula is C13H25N5. The smallest absolute Gasteiger partial charge is 0.147 e. The molecule has 1 saturated carbocycles. The van der Waals surface area contributed by atoms with Gasteiger partial charge in [0.25, 0.3) is 0 Å². The molecule has 0 saturated heterocycles. The Morgan fingerprint density at radius 2 is 2.11 bits per heavy atom. The topological polar surface area (TPSA) is 46.0 Å². The highest BCUT2D eigenvalue weighted by atomic mass is 15.5. The first-order valence-electron chi connectivity index (χ1n) is 7.03. The molecule has 18 heavy (non-hydrogen) atoms. The number of nitrogens with zero attached hydrogens (tertiary/aromatic N) is 4. The number of hydrogen-bond donors (Lipinski definition) is 1. The molecule has 1 aromatic heterocycles. The lowest BCUT2D eigenvalue weighted by molar-refractivity contribution is 0.335. The Hall–Kier alpha value is -1.10. The Balaban J connectivity index is 1.84. The van der Waals surface area contributed by atoms with Gasteiger partial charge < -0.3 is 10.2 Å². The SMILES string of the molecule is CCCNC1CCC(N(C)c2cnnn2C)CC1. The van der Waals surface area contributed by atoms with Crippen LogP contribution in [0.4, 0.5) is 5.82 Å². The number of hydrogen-bond acceptors (Lipinski definition) is 4. The molecular weight excluding hydrogens is 226 g/mol. The lowest BCUT2D eigenvalue weighted by Gasteiger charge is -2.35. The van der Waals surface area contributed by atoms with Gasteiger partial charge in [0, 0.05) is 26.2 Å². The zero-order valence-corrected chi connectivity index (χ0v) is 11.8. The van der Waals surface area contributed by atoms with Crippen LogP contribution >= 0.6 is 0 Å². The molecule has 0 unspecified atom stereocenters. The van der Waals surface area contributed by atoms with E-state index in [4.69, 9.17) is 0 Å². The van der Waals surface area contributed by atoms with Crippen molar-refractivity contribution >= 4 is 5.82 Å². The molecule has 0 radical (unpaired) electrons. The zero-order valence-electron chi connectivity index (χ0n) is 11.8. The van der Waals surface area contributed by atoms with Gasteiger partial charge in [0.15, 0.2) is 0 Å². The molecule has 5 nitrogen and oxygen atoms in total. The van der Waals surface area contributed by atoms with Crippen LogP contribution in [0.2, 0.25) is 0 Å². The van der Waals surface area contributed by atoms with Crippen LogP contribution in [0.15, 0.2) is 6.20 Å². The number of rotatable bonds is 5. The maximum absolute atomic E-state index is 4.00. The average Bonchev–Trinajstić information content (AvgIpc) is 2.82. The van der Waals surface area contributed by atoms with Gasteiger partial charge in [-0.15, -0.1) is 5.10 Å². The number of nitrogens with one attached hydrogen (secondary N) is 1. The summed E-state index contributed by atoms with van der Waals surface area (Å²) < 4.78 is 1.85. The third-order valence-electron chi connectivity index (χ3n) is 3.98. The van der Waals surface area contributed by atoms with Crippen molar-refractivity contribution in [1.82, 2.24) is 20.3 Å². The summed E-state index contributed by atoms with van der Waals surface area (Å²) in [4.78, 5) is 2.33. The molecule has 1 N–H and O–H groups in total. The van der Waals surface area contributed by atoms with Gasteiger partial charge in [-0.2, -0.15) is 0 Å². The van der Waals surface area contributed by atoms with Crippen molar-refractivity contribution in [2.24, 2.45) is 7.05 Å². The quantitative estimate of drug-likeness (QED) is 0.862. The molecule has 1 aromatic rings. The Kier molecular flexibility index (Phi) is 4.58. The van der Waals surface area contributed by atoms with Crippen LogP contribution in [-0.4, -0.2) is 40.7 Å². The van der Waals surface area contributed by atoms with Crippen molar-refractivity contribution in [3.8, 4) is 0 Å². The van der Waals surface area contributed by atoms with Crippen LogP contribution < -0.4 is 10.2 Å². The third-order valence-corrected chi connectivity index (χ3v) is 3.98. The molecule has 5 heteroatoms. The fourth-order valence-electron chi connectivity index (χ4n) is 2.81. The monoisotopic (exact) mass is 251 g/mol. The van der Waals surface area contributed by atoms with Crippen LogP contribution in [0.5, 0.6) is 0 Å². The third kappa shape index (κ3) is 3.02. The number of aromatic nitrogens is 3. The van der Waals surface area contributed by atoms with E-state index in [2.05, 4.69) is 34.5 Å². The second-order valence-electron chi connectivity index (χ2n) is 5.29. The fourth-order valence-corrected chi connectivity index (χ4v) is 2.81. The maximum Gasteiger partial charge on any atom is 0.147 e. The van der Waals surface area contributed by atoms with E-state index >= 15 is 0 Å². The minimum Gasteiger partial charge on any atom is -0.356 e. The van der Waals surface area contributed by atoms with E-state index < -0.39 is 0 Å². The lowest BCUT2D eigenvalue weighted by Crippen LogP contribution is -2.41. The Morgan fingerprint density at radius 3 is 2.67 bits per heavy atom. The van der Waals surface area contributed by atoms with Gasteiger partial charge in [-0.25, -0.2) is 4.68 Å². The van der Waals surface area contributed by atoms with Crippen LogP contribution in [0.3, 0.4) is 0 Å². The van der Waals surface area contributed by atoms with E-state index in [-0.39, 0.29) is 0 Å². The average molecular weight is 251 g/mol. The molecule has 1 fully saturated rings. The predicted octanol–water partition coefficient (Wildman–Crippen LogP) is 1.56. The fraction of sp³-hybridized carbons (Fsp3) is 0.846. The summed E-state index contributed by atoms with van der Waals surface area (Å²) in [5.41, 5.74) is 0. The van der Waals surface area contributed by atoms with Crippen molar-refractivity contribution in [2.75, 3.05) is 18.5 Å². The van der Waals surface area contributed by atoms with Crippen LogP contribution in [0, 0.1) is 0 Å². The first-order chi connectivity index (χ1) is 8.72. The summed E-state index contributed by atoms with van der Waals surface area (Å²) in [6.45, 7) is 3.37. The van der Waals surface area contributed by atoms with E-state index in [0.717, 1.165) is 18.4 Å². The van der Waals surface area contributed by atoms with Crippen molar-refractivity contribution in [3.63, 3.8) is 0 Å². The summed E-state index contributed by atoms with van der Waals surface area (Å²) in [5, 5.41) is 11.6. The largest absolute Gasteiger partial charge is 0.356 e. The van der Waals surface area contributed by atoms with Gasteiger partial charge in [0.2, 0.25) is 0 Å². The van der Waals surface area contributed by atoms with Crippen LogP contribution in [0.1, 0.15) is 39.0 Å². The highest BCUT2D eigenvalue weighted by Crippen LogP contribution is 2.25. The molecule has 1 aliphatic rings. The number of anilines is 1. The molecule has 0 aliphatic heterocycles. The summed E-state index contributed by atoms with van der Waals surface area (Å²) in [5.74, 6) is 1.11. The zero-order chi connectivity index (χ0) is 13.0. The molecule has 0 bridgehead atoms. The molecule has 0 amide bonds. The van der Waals surface area contributed by atoms with Gasteiger partial charge in [-0.05, 0) is 38.6 Å². The van der Waals surface area contributed by atoms with Crippen molar-refractivity contribution in [1.29, 1.82) is 0 Å². The Bertz CT molecular complexity index is 354. The van der Waals surface area contributed by atoms with Gasteiger partial charge in [0.1, 0.15) is 5.82 Å². The van der Waals surface area contributed by atoms with E-state index in [0.29, 0.717) is 6.04 Å². The van der Waals surface area contributed by atoms with Crippen molar-refractivity contribution in [2.45, 2.75) is 51.1 Å². The van der Waals surface area contributed by atoms with E-state index in [1.807, 2.05) is 17.9 Å². The molecule has 2 rings (SSSR count). The van der Waals surface area contributed by atoms with Crippen molar-refractivity contribution < 1.29 is 0 Å². The molecule has 0 aromatic carbocycles. The normalized spacial score (nSPS) is 24.2. The summed E-state index contributed by atoms with van der Waals surface area (Å²) in [6.07, 6.45) is 8.13. The lowest BCUT2D eigenvalue weighted by atomic mass is 9.90. The molecule has 0 spiro atoms. The summed E-state index contributed by atoms with van der Waals surface area (Å²) in [7, 11) is 4.11. The van der Waals surface area contributed by atoms with E-state index in [9.17, 15) is 0 Å². The first kappa shape index (κ1) is 13.3. The Morgan fingerprint density at radius 1 is 1.39 bits per heavy atom. The van der Waals surface area contributed by atoms with Gasteiger partial charge in [0.05, 0.1) is 6.20 Å². The first-order valence-corrected chi connectivity index (χ1v) is 7.03. The molecule has 0 atom stereocenters. The minimum absolute atomic E-state index is 0.627. The van der Waals surface area contributed by atoms with Crippen molar-refractivity contribution in [3.05, 3.63) is 6.20 Å². The molecule has 1 heterocycles. The second-order valence-corrected chi connectivity index (χ2v) is 5.29. The van der Waals surface area contributed by atoms with Gasteiger partial charge in [-0.3, -0.25) is 0 Å².